The summed E-state index contributed by atoms with van der Waals surface area (Å²) in [6.07, 6.45) is 0.540. The smallest absolute Gasteiger partial charge is 0.343 e. The average Bonchev–Trinajstić information content (AvgIpc) is 2.54. The van der Waals surface area contributed by atoms with E-state index < -0.39 is 58.5 Å². The van der Waals surface area contributed by atoms with E-state index in [2.05, 4.69) is 14.5 Å². The van der Waals surface area contributed by atoms with Gasteiger partial charge in [0, 0.05) is 13.1 Å². The van der Waals surface area contributed by atoms with Gasteiger partial charge in [0.2, 0.25) is 5.82 Å². The number of hydrogen-bond donors (Lipinski definition) is 1. The zero-order valence-electron chi connectivity index (χ0n) is 14.1. The van der Waals surface area contributed by atoms with Crippen LogP contribution < -0.4 is 4.74 Å². The van der Waals surface area contributed by atoms with Gasteiger partial charge in [-0.05, 0) is 13.0 Å². The summed E-state index contributed by atoms with van der Waals surface area (Å²) in [5, 5.41) is 10.1. The van der Waals surface area contributed by atoms with Gasteiger partial charge in [-0.15, -0.1) is 0 Å². The quantitative estimate of drug-likeness (QED) is 0.195. The van der Waals surface area contributed by atoms with Crippen molar-refractivity contribution >= 4 is 17.9 Å². The SMILES string of the molecule is CCOC(=O)/C(C=NCC(C)(F)F)=C(\O)c1cc(F)c(F)c(OC)c1F. The van der Waals surface area contributed by atoms with Gasteiger partial charge in [0.05, 0.1) is 19.3 Å². The number of esters is 1. The number of carbonyl (C=O) groups is 1. The maximum absolute atomic E-state index is 14.2. The summed E-state index contributed by atoms with van der Waals surface area (Å²) in [5.41, 5.74) is -1.75. The Kier molecular flexibility index (Phi) is 7.10. The van der Waals surface area contributed by atoms with Crippen LogP contribution in [0.25, 0.3) is 5.76 Å². The molecule has 26 heavy (non-hydrogen) atoms. The zero-order chi connectivity index (χ0) is 20.1. The van der Waals surface area contributed by atoms with E-state index in [9.17, 15) is 31.9 Å². The number of alkyl halides is 2. The molecule has 0 aliphatic heterocycles. The first-order valence-corrected chi connectivity index (χ1v) is 7.23. The molecule has 0 aromatic heterocycles. The number of nitrogens with zero attached hydrogens (tertiary/aromatic N) is 1. The molecule has 0 unspecified atom stereocenters. The Morgan fingerprint density at radius 1 is 1.31 bits per heavy atom. The van der Waals surface area contributed by atoms with Crippen molar-refractivity contribution < 1.29 is 41.3 Å². The van der Waals surface area contributed by atoms with Crippen LogP contribution in [0.2, 0.25) is 0 Å². The van der Waals surface area contributed by atoms with Crippen molar-refractivity contribution in [3.8, 4) is 5.75 Å². The van der Waals surface area contributed by atoms with Gasteiger partial charge in [0.1, 0.15) is 17.9 Å². The van der Waals surface area contributed by atoms with E-state index in [1.165, 1.54) is 6.92 Å². The topological polar surface area (TPSA) is 68.1 Å². The Morgan fingerprint density at radius 3 is 2.42 bits per heavy atom. The van der Waals surface area contributed by atoms with Crippen molar-refractivity contribution in [3.63, 3.8) is 0 Å². The molecule has 5 nitrogen and oxygen atoms in total. The first-order valence-electron chi connectivity index (χ1n) is 7.23. The molecule has 0 aliphatic rings. The van der Waals surface area contributed by atoms with Crippen molar-refractivity contribution in [3.05, 3.63) is 34.7 Å². The fraction of sp³-hybridized carbons (Fsp3) is 0.375. The van der Waals surface area contributed by atoms with Crippen molar-refractivity contribution in [1.29, 1.82) is 0 Å². The summed E-state index contributed by atoms with van der Waals surface area (Å²) in [6, 6.07) is 0.282. The lowest BCUT2D eigenvalue weighted by Crippen LogP contribution is -2.16. The lowest BCUT2D eigenvalue weighted by atomic mass is 10.1. The monoisotopic (exact) mass is 381 g/mol. The number of carbonyl (C=O) groups excluding carboxylic acids is 1. The normalized spacial score (nSPS) is 12.9. The maximum atomic E-state index is 14.2. The third-order valence-electron chi connectivity index (χ3n) is 2.91. The summed E-state index contributed by atoms with van der Waals surface area (Å²) >= 11 is 0. The molecule has 0 fully saturated rings. The predicted molar refractivity (Wildman–Crippen MR) is 83.0 cm³/mol. The second kappa shape index (κ2) is 8.63. The molecular weight excluding hydrogens is 365 g/mol. The van der Waals surface area contributed by atoms with Crippen LogP contribution in [0.5, 0.6) is 5.75 Å². The molecule has 0 atom stereocenters. The molecule has 1 aromatic carbocycles. The third-order valence-corrected chi connectivity index (χ3v) is 2.91. The Labute approximate surface area is 145 Å². The van der Waals surface area contributed by atoms with Crippen molar-refractivity contribution in [2.45, 2.75) is 19.8 Å². The van der Waals surface area contributed by atoms with Gasteiger partial charge in [-0.3, -0.25) is 4.99 Å². The largest absolute Gasteiger partial charge is 0.506 e. The predicted octanol–water partition coefficient (Wildman–Crippen LogP) is 3.67. The van der Waals surface area contributed by atoms with E-state index in [-0.39, 0.29) is 12.7 Å². The minimum Gasteiger partial charge on any atom is -0.506 e. The van der Waals surface area contributed by atoms with Gasteiger partial charge in [-0.1, -0.05) is 0 Å². The summed E-state index contributed by atoms with van der Waals surface area (Å²) < 4.78 is 76.0. The summed E-state index contributed by atoms with van der Waals surface area (Å²) in [4.78, 5) is 15.2. The highest BCUT2D eigenvalue weighted by molar-refractivity contribution is 6.15. The molecule has 0 bridgehead atoms. The zero-order valence-corrected chi connectivity index (χ0v) is 14.1. The van der Waals surface area contributed by atoms with Gasteiger partial charge in [-0.2, -0.15) is 4.39 Å². The molecule has 0 saturated carbocycles. The van der Waals surface area contributed by atoms with Gasteiger partial charge in [-0.25, -0.2) is 22.4 Å². The third kappa shape index (κ3) is 5.17. The summed E-state index contributed by atoms with van der Waals surface area (Å²) in [7, 11) is 0.864. The number of ether oxygens (including phenoxy) is 2. The number of rotatable bonds is 7. The van der Waals surface area contributed by atoms with Crippen LogP contribution in [0.4, 0.5) is 22.0 Å². The molecule has 0 amide bonds. The molecular formula is C16H16F5NO4. The molecule has 1 N–H and O–H groups in total. The molecule has 1 aromatic rings. The highest BCUT2D eigenvalue weighted by atomic mass is 19.3. The van der Waals surface area contributed by atoms with Gasteiger partial charge < -0.3 is 14.6 Å². The van der Waals surface area contributed by atoms with E-state index in [0.29, 0.717) is 13.1 Å². The second-order valence-corrected chi connectivity index (χ2v) is 5.09. The van der Waals surface area contributed by atoms with Gasteiger partial charge in [0.15, 0.2) is 17.4 Å². The summed E-state index contributed by atoms with van der Waals surface area (Å²) in [5.74, 6) is -11.4. The Balaban J connectivity index is 3.53. The first-order chi connectivity index (χ1) is 12.0. The Bertz CT molecular complexity index is 741. The minimum atomic E-state index is -3.21. The van der Waals surface area contributed by atoms with Crippen LogP contribution in [-0.4, -0.2) is 43.5 Å². The molecule has 0 radical (unpaired) electrons. The van der Waals surface area contributed by atoms with E-state index in [1.54, 1.807) is 0 Å². The fourth-order valence-corrected chi connectivity index (χ4v) is 1.79. The molecule has 0 heterocycles. The summed E-state index contributed by atoms with van der Waals surface area (Å²) in [6.45, 7) is 0.798. The lowest BCUT2D eigenvalue weighted by Gasteiger charge is -2.11. The Morgan fingerprint density at radius 2 is 1.92 bits per heavy atom. The van der Waals surface area contributed by atoms with Crippen molar-refractivity contribution in [2.75, 3.05) is 20.3 Å². The number of aliphatic hydroxyl groups is 1. The molecule has 0 saturated heterocycles. The maximum Gasteiger partial charge on any atom is 0.343 e. The van der Waals surface area contributed by atoms with Crippen LogP contribution in [0.15, 0.2) is 16.6 Å². The van der Waals surface area contributed by atoms with Crippen LogP contribution in [-0.2, 0) is 9.53 Å². The first kappa shape index (κ1) is 21.4. The number of methoxy groups -OCH3 is 1. The number of hydrogen-bond acceptors (Lipinski definition) is 5. The highest BCUT2D eigenvalue weighted by Gasteiger charge is 2.26. The molecule has 144 valence electrons. The van der Waals surface area contributed by atoms with Gasteiger partial charge in [0.25, 0.3) is 5.92 Å². The fourth-order valence-electron chi connectivity index (χ4n) is 1.79. The van der Waals surface area contributed by atoms with Crippen LogP contribution in [0.3, 0.4) is 0 Å². The average molecular weight is 381 g/mol. The van der Waals surface area contributed by atoms with E-state index in [1.807, 2.05) is 0 Å². The van der Waals surface area contributed by atoms with Crippen LogP contribution in [0, 0.1) is 17.5 Å². The highest BCUT2D eigenvalue weighted by Crippen LogP contribution is 2.31. The van der Waals surface area contributed by atoms with Crippen molar-refractivity contribution in [2.24, 2.45) is 4.99 Å². The molecule has 0 aliphatic carbocycles. The second-order valence-electron chi connectivity index (χ2n) is 5.09. The Hall–Kier alpha value is -2.65. The van der Waals surface area contributed by atoms with Crippen molar-refractivity contribution in [1.82, 2.24) is 0 Å². The van der Waals surface area contributed by atoms with E-state index in [4.69, 9.17) is 0 Å². The van der Waals surface area contributed by atoms with Crippen LogP contribution >= 0.6 is 0 Å². The minimum absolute atomic E-state index is 0.156. The number of aliphatic imine (C=N–C) groups is 1. The molecule has 1 rings (SSSR count). The number of aliphatic hydroxyl groups excluding tert-OH is 1. The molecule has 10 heteroatoms. The molecule has 0 spiro atoms. The number of benzene rings is 1. The standard InChI is InChI=1S/C16H16F5NO4/c1-4-26-15(24)9(6-22-7-16(2,20)21)13(23)8-5-10(17)12(19)14(25-3)11(8)18/h5-6,23H,4,7H2,1-3H3/b13-9-,22-6?. The van der Waals surface area contributed by atoms with Gasteiger partial charge >= 0.3 is 5.97 Å². The van der Waals surface area contributed by atoms with E-state index in [0.717, 1.165) is 7.11 Å². The lowest BCUT2D eigenvalue weighted by molar-refractivity contribution is -0.137. The number of halogens is 5. The van der Waals surface area contributed by atoms with E-state index >= 15 is 0 Å². The van der Waals surface area contributed by atoms with Crippen LogP contribution in [0.1, 0.15) is 19.4 Å².